The minimum Gasteiger partial charge on any atom is -0.305 e. The number of carbonyl (C=O) groups is 1. The van der Waals surface area contributed by atoms with Gasteiger partial charge in [-0.15, -0.1) is 10.2 Å². The van der Waals surface area contributed by atoms with Crippen LogP contribution in [0.1, 0.15) is 39.5 Å². The summed E-state index contributed by atoms with van der Waals surface area (Å²) in [7, 11) is 1.96. The van der Waals surface area contributed by atoms with E-state index >= 15 is 0 Å². The van der Waals surface area contributed by atoms with Gasteiger partial charge in [0.15, 0.2) is 16.8 Å². The van der Waals surface area contributed by atoms with Crippen LogP contribution in [0.15, 0.2) is 35.7 Å². The Balaban J connectivity index is 1.88. The molecule has 0 aliphatic heterocycles. The first-order valence-corrected chi connectivity index (χ1v) is 9.42. The molecule has 0 saturated carbocycles. The van der Waals surface area contributed by atoms with Crippen LogP contribution in [-0.4, -0.2) is 25.5 Å². The molecule has 134 valence electrons. The third-order valence-corrected chi connectivity index (χ3v) is 5.63. The van der Waals surface area contributed by atoms with Crippen LogP contribution in [-0.2, 0) is 12.8 Å². The van der Waals surface area contributed by atoms with E-state index in [0.29, 0.717) is 0 Å². The third kappa shape index (κ3) is 3.42. The summed E-state index contributed by atoms with van der Waals surface area (Å²) in [5.41, 5.74) is 6.27. The summed E-state index contributed by atoms with van der Waals surface area (Å²) in [6.07, 6.45) is 3.52. The van der Waals surface area contributed by atoms with Crippen LogP contribution in [0, 0.1) is 20.8 Å². The highest BCUT2D eigenvalue weighted by molar-refractivity contribution is 7.98. The lowest BCUT2D eigenvalue weighted by Crippen LogP contribution is -2.05. The molecule has 0 unspecified atom stereocenters. The molecule has 1 aromatic carbocycles. The van der Waals surface area contributed by atoms with E-state index in [9.17, 15) is 4.79 Å². The van der Waals surface area contributed by atoms with Crippen molar-refractivity contribution in [1.29, 1.82) is 0 Å². The van der Waals surface area contributed by atoms with Gasteiger partial charge in [0.1, 0.15) is 0 Å². The summed E-state index contributed by atoms with van der Waals surface area (Å²) in [5, 5.41) is 9.46. The molecule has 0 bridgehead atoms. The molecule has 3 aromatic rings. The minimum absolute atomic E-state index is 0.115. The maximum Gasteiger partial charge on any atom is 0.191 e. The maximum absolute atomic E-state index is 12.0. The standard InChI is InChI=1S/C20H22N4OS/c1-12-9-13(2)18(15(4)25)14(3)17(12)11-26-20-23-22-19(24(20)5)16-7-6-8-21-10-16/h6-10H,11H2,1-5H3. The monoisotopic (exact) mass is 366 g/mol. The molecule has 0 radical (unpaired) electrons. The second kappa shape index (κ2) is 7.41. The number of carbonyl (C=O) groups excluding carboxylic acids is 1. The number of nitrogens with zero attached hydrogens (tertiary/aromatic N) is 4. The SMILES string of the molecule is CC(=O)c1c(C)cc(C)c(CSc2nnc(-c3cccnc3)n2C)c1C. The summed E-state index contributed by atoms with van der Waals surface area (Å²) in [6, 6.07) is 5.95. The quantitative estimate of drug-likeness (QED) is 0.498. The van der Waals surface area contributed by atoms with Crippen molar-refractivity contribution in [3.8, 4) is 11.4 Å². The number of rotatable bonds is 5. The Morgan fingerprint density at radius 3 is 2.62 bits per heavy atom. The van der Waals surface area contributed by atoms with Gasteiger partial charge in [-0.1, -0.05) is 17.8 Å². The van der Waals surface area contributed by atoms with E-state index in [4.69, 9.17) is 0 Å². The lowest BCUT2D eigenvalue weighted by Gasteiger charge is -2.15. The van der Waals surface area contributed by atoms with E-state index < -0.39 is 0 Å². The molecule has 0 aliphatic rings. The first-order chi connectivity index (χ1) is 12.4. The van der Waals surface area contributed by atoms with Crippen molar-refractivity contribution in [1.82, 2.24) is 19.7 Å². The molecule has 5 nitrogen and oxygen atoms in total. The number of hydrogen-bond donors (Lipinski definition) is 0. The minimum atomic E-state index is 0.115. The van der Waals surface area contributed by atoms with Gasteiger partial charge in [-0.2, -0.15) is 0 Å². The molecular weight excluding hydrogens is 344 g/mol. The molecule has 26 heavy (non-hydrogen) atoms. The second-order valence-corrected chi connectivity index (χ2v) is 7.38. The van der Waals surface area contributed by atoms with Gasteiger partial charge in [-0.3, -0.25) is 9.78 Å². The first-order valence-electron chi connectivity index (χ1n) is 8.43. The maximum atomic E-state index is 12.0. The van der Waals surface area contributed by atoms with Crippen molar-refractivity contribution in [2.24, 2.45) is 7.05 Å². The highest BCUT2D eigenvalue weighted by Crippen LogP contribution is 2.30. The van der Waals surface area contributed by atoms with Gasteiger partial charge in [0, 0.05) is 36.3 Å². The van der Waals surface area contributed by atoms with Gasteiger partial charge in [0.2, 0.25) is 0 Å². The van der Waals surface area contributed by atoms with Gasteiger partial charge < -0.3 is 4.57 Å². The van der Waals surface area contributed by atoms with Crippen molar-refractivity contribution in [2.45, 2.75) is 38.6 Å². The van der Waals surface area contributed by atoms with E-state index in [1.54, 1.807) is 31.1 Å². The molecule has 0 N–H and O–H groups in total. The van der Waals surface area contributed by atoms with Gasteiger partial charge in [0.05, 0.1) is 0 Å². The fourth-order valence-corrected chi connectivity index (χ4v) is 4.41. The molecule has 0 saturated heterocycles. The molecule has 0 fully saturated rings. The number of thioether (sulfide) groups is 1. The highest BCUT2D eigenvalue weighted by atomic mass is 32.2. The number of ketones is 1. The zero-order chi connectivity index (χ0) is 18.8. The van der Waals surface area contributed by atoms with Crippen molar-refractivity contribution >= 4 is 17.5 Å². The normalized spacial score (nSPS) is 11.0. The molecule has 0 atom stereocenters. The molecule has 0 spiro atoms. The Kier molecular flexibility index (Phi) is 5.23. The summed E-state index contributed by atoms with van der Waals surface area (Å²) < 4.78 is 1.98. The van der Waals surface area contributed by atoms with Gasteiger partial charge >= 0.3 is 0 Å². The number of aromatic nitrogens is 4. The number of hydrogen-bond acceptors (Lipinski definition) is 5. The van der Waals surface area contributed by atoms with Crippen molar-refractivity contribution in [3.05, 3.63) is 58.4 Å². The van der Waals surface area contributed by atoms with E-state index in [0.717, 1.165) is 39.0 Å². The van der Waals surface area contributed by atoms with E-state index in [1.807, 2.05) is 37.6 Å². The summed E-state index contributed by atoms with van der Waals surface area (Å²) in [4.78, 5) is 16.1. The average Bonchev–Trinajstić information content (AvgIpc) is 2.95. The summed E-state index contributed by atoms with van der Waals surface area (Å²) >= 11 is 1.63. The average molecular weight is 366 g/mol. The predicted octanol–water partition coefficient (Wildman–Crippen LogP) is 4.30. The Labute approximate surface area is 157 Å². The first kappa shape index (κ1) is 18.3. The number of benzene rings is 1. The van der Waals surface area contributed by atoms with Crippen LogP contribution in [0.4, 0.5) is 0 Å². The molecule has 6 heteroatoms. The van der Waals surface area contributed by atoms with Crippen LogP contribution in [0.2, 0.25) is 0 Å². The Morgan fingerprint density at radius 1 is 1.19 bits per heavy atom. The van der Waals surface area contributed by atoms with Crippen LogP contribution in [0.3, 0.4) is 0 Å². The highest BCUT2D eigenvalue weighted by Gasteiger charge is 2.16. The molecular formula is C20H22N4OS. The van der Waals surface area contributed by atoms with Crippen LogP contribution in [0.5, 0.6) is 0 Å². The third-order valence-electron chi connectivity index (χ3n) is 4.58. The van der Waals surface area contributed by atoms with Gasteiger partial charge in [0.25, 0.3) is 0 Å². The fourth-order valence-electron chi connectivity index (χ4n) is 3.31. The predicted molar refractivity (Wildman–Crippen MR) is 104 cm³/mol. The summed E-state index contributed by atoms with van der Waals surface area (Å²) in [6.45, 7) is 7.75. The van der Waals surface area contributed by atoms with Crippen LogP contribution in [0.25, 0.3) is 11.4 Å². The van der Waals surface area contributed by atoms with Crippen LogP contribution >= 0.6 is 11.8 Å². The lowest BCUT2D eigenvalue weighted by molar-refractivity contribution is 0.101. The zero-order valence-corrected chi connectivity index (χ0v) is 16.5. The molecule has 0 amide bonds. The Hall–Kier alpha value is -2.47. The van der Waals surface area contributed by atoms with E-state index in [1.165, 1.54) is 11.1 Å². The zero-order valence-electron chi connectivity index (χ0n) is 15.7. The fraction of sp³-hybridized carbons (Fsp3) is 0.300. The molecule has 3 rings (SSSR count). The van der Waals surface area contributed by atoms with Crippen molar-refractivity contribution in [2.75, 3.05) is 0 Å². The Morgan fingerprint density at radius 2 is 1.96 bits per heavy atom. The topological polar surface area (TPSA) is 60.7 Å². The lowest BCUT2D eigenvalue weighted by atomic mass is 9.92. The molecule has 0 aliphatic carbocycles. The van der Waals surface area contributed by atoms with Crippen molar-refractivity contribution < 1.29 is 4.79 Å². The van der Waals surface area contributed by atoms with E-state index in [2.05, 4.69) is 28.2 Å². The number of Topliss-reactive ketones (excluding diaryl/α,β-unsaturated/α-hetero) is 1. The van der Waals surface area contributed by atoms with E-state index in [-0.39, 0.29) is 5.78 Å². The Bertz CT molecular complexity index is 964. The van der Waals surface area contributed by atoms with Crippen molar-refractivity contribution in [3.63, 3.8) is 0 Å². The number of aryl methyl sites for hydroxylation is 2. The van der Waals surface area contributed by atoms with Gasteiger partial charge in [-0.25, -0.2) is 0 Å². The smallest absolute Gasteiger partial charge is 0.191 e. The van der Waals surface area contributed by atoms with Crippen LogP contribution < -0.4 is 0 Å². The largest absolute Gasteiger partial charge is 0.305 e. The van der Waals surface area contributed by atoms with Gasteiger partial charge in [-0.05, 0) is 62.1 Å². The second-order valence-electron chi connectivity index (χ2n) is 6.44. The molecule has 2 aromatic heterocycles. The molecule has 2 heterocycles. The summed E-state index contributed by atoms with van der Waals surface area (Å²) in [5.74, 6) is 1.66. The number of pyridine rings is 1.